The lowest BCUT2D eigenvalue weighted by molar-refractivity contribution is -0.144. The summed E-state index contributed by atoms with van der Waals surface area (Å²) >= 11 is 3.92. The molecule has 0 aromatic carbocycles. The molecule has 30 heavy (non-hydrogen) atoms. The lowest BCUT2D eigenvalue weighted by atomic mass is 10.0. The Balaban J connectivity index is 5.43. The molecule has 4 unspecified atom stereocenters. The minimum Gasteiger partial charge on any atom is -0.481 e. The maximum Gasteiger partial charge on any atom is 0.326 e. The molecular formula is C18H32N4O7S. The topological polar surface area (TPSA) is 188 Å². The molecular weight excluding hydrogens is 416 g/mol. The molecule has 7 N–H and O–H groups in total. The van der Waals surface area contributed by atoms with E-state index >= 15 is 0 Å². The van der Waals surface area contributed by atoms with Crippen LogP contribution in [-0.2, 0) is 24.0 Å². The van der Waals surface area contributed by atoms with Crippen LogP contribution in [-0.4, -0.2) is 69.8 Å². The monoisotopic (exact) mass is 448 g/mol. The molecule has 0 fully saturated rings. The molecule has 12 heteroatoms. The van der Waals surface area contributed by atoms with Gasteiger partial charge in [-0.3, -0.25) is 19.2 Å². The van der Waals surface area contributed by atoms with Gasteiger partial charge in [-0.25, -0.2) is 4.79 Å². The fourth-order valence-corrected chi connectivity index (χ4v) is 2.65. The van der Waals surface area contributed by atoms with E-state index in [-0.39, 0.29) is 18.1 Å². The lowest BCUT2D eigenvalue weighted by Gasteiger charge is -2.26. The van der Waals surface area contributed by atoms with E-state index in [0.29, 0.717) is 0 Å². The summed E-state index contributed by atoms with van der Waals surface area (Å²) in [5.74, 6) is -5.39. The van der Waals surface area contributed by atoms with E-state index in [1.165, 1.54) is 0 Å². The van der Waals surface area contributed by atoms with E-state index in [1.54, 1.807) is 27.7 Å². The predicted molar refractivity (Wildman–Crippen MR) is 112 cm³/mol. The third kappa shape index (κ3) is 9.92. The molecule has 0 rings (SSSR count). The average Bonchev–Trinajstić information content (AvgIpc) is 2.62. The third-order valence-corrected chi connectivity index (χ3v) is 4.51. The van der Waals surface area contributed by atoms with Crippen molar-refractivity contribution in [2.45, 2.75) is 64.7 Å². The fourth-order valence-electron chi connectivity index (χ4n) is 2.49. The first kappa shape index (κ1) is 27.7. The number of rotatable bonds is 13. The van der Waals surface area contributed by atoms with Crippen molar-refractivity contribution >= 4 is 42.3 Å². The van der Waals surface area contributed by atoms with Crippen molar-refractivity contribution in [2.75, 3.05) is 5.75 Å². The zero-order valence-electron chi connectivity index (χ0n) is 17.5. The number of amides is 3. The third-order valence-electron chi connectivity index (χ3n) is 4.11. The minimum atomic E-state index is -1.53. The molecule has 0 aromatic heterocycles. The number of carbonyl (C=O) groups excluding carboxylic acids is 3. The number of carboxylic acid groups (broad SMARTS) is 2. The van der Waals surface area contributed by atoms with Crippen molar-refractivity contribution in [3.8, 4) is 0 Å². The van der Waals surface area contributed by atoms with Gasteiger partial charge in [-0.2, -0.15) is 12.6 Å². The van der Waals surface area contributed by atoms with Crippen LogP contribution < -0.4 is 21.7 Å². The fraction of sp³-hybridized carbons (Fsp3) is 0.722. The van der Waals surface area contributed by atoms with E-state index in [0.717, 1.165) is 0 Å². The number of hydrogen-bond acceptors (Lipinski definition) is 7. The quantitative estimate of drug-likeness (QED) is 0.174. The highest BCUT2D eigenvalue weighted by molar-refractivity contribution is 7.80. The zero-order chi connectivity index (χ0) is 23.6. The molecule has 0 spiro atoms. The Kier molecular flexibility index (Phi) is 12.0. The Hall–Kier alpha value is -2.34. The van der Waals surface area contributed by atoms with Crippen LogP contribution in [0.5, 0.6) is 0 Å². The van der Waals surface area contributed by atoms with Gasteiger partial charge in [0.15, 0.2) is 0 Å². The Bertz CT molecular complexity index is 642. The summed E-state index contributed by atoms with van der Waals surface area (Å²) in [6.07, 6.45) is -0.637. The highest BCUT2D eigenvalue weighted by atomic mass is 32.1. The summed E-state index contributed by atoms with van der Waals surface area (Å²) in [4.78, 5) is 59.7. The Morgan fingerprint density at radius 3 is 1.80 bits per heavy atom. The summed E-state index contributed by atoms with van der Waals surface area (Å²) in [5.41, 5.74) is 5.59. The Labute approximate surface area is 180 Å². The van der Waals surface area contributed by atoms with Crippen LogP contribution in [0.1, 0.15) is 40.5 Å². The molecule has 0 aromatic rings. The van der Waals surface area contributed by atoms with Gasteiger partial charge < -0.3 is 31.9 Å². The van der Waals surface area contributed by atoms with E-state index in [2.05, 4.69) is 28.6 Å². The summed E-state index contributed by atoms with van der Waals surface area (Å²) in [7, 11) is 0. The Morgan fingerprint density at radius 1 is 0.867 bits per heavy atom. The number of carbonyl (C=O) groups is 5. The second-order valence-electron chi connectivity index (χ2n) is 7.71. The van der Waals surface area contributed by atoms with Crippen molar-refractivity contribution in [2.24, 2.45) is 17.6 Å². The number of nitrogens with two attached hydrogens (primary N) is 1. The van der Waals surface area contributed by atoms with Crippen molar-refractivity contribution in [3.05, 3.63) is 0 Å². The van der Waals surface area contributed by atoms with Gasteiger partial charge in [-0.05, 0) is 18.3 Å². The summed E-state index contributed by atoms with van der Waals surface area (Å²) in [6.45, 7) is 6.83. The first-order valence-corrected chi connectivity index (χ1v) is 10.1. The van der Waals surface area contributed by atoms with Crippen molar-refractivity contribution in [3.63, 3.8) is 0 Å². The number of nitrogens with one attached hydrogen (secondary N) is 3. The van der Waals surface area contributed by atoms with Gasteiger partial charge in [0.1, 0.15) is 18.1 Å². The van der Waals surface area contributed by atoms with Crippen LogP contribution in [0.2, 0.25) is 0 Å². The smallest absolute Gasteiger partial charge is 0.326 e. The van der Waals surface area contributed by atoms with Gasteiger partial charge in [-0.1, -0.05) is 27.7 Å². The zero-order valence-corrected chi connectivity index (χ0v) is 18.4. The maximum atomic E-state index is 12.6. The molecule has 0 saturated carbocycles. The van der Waals surface area contributed by atoms with Gasteiger partial charge in [0, 0.05) is 5.75 Å². The highest BCUT2D eigenvalue weighted by Gasteiger charge is 2.32. The number of hydrogen-bond donors (Lipinski definition) is 7. The first-order valence-electron chi connectivity index (χ1n) is 9.52. The van der Waals surface area contributed by atoms with Gasteiger partial charge in [0.25, 0.3) is 0 Å². The normalized spacial score (nSPS) is 15.1. The molecule has 0 aliphatic carbocycles. The highest BCUT2D eigenvalue weighted by Crippen LogP contribution is 2.08. The van der Waals surface area contributed by atoms with E-state index in [9.17, 15) is 29.1 Å². The van der Waals surface area contributed by atoms with Crippen LogP contribution >= 0.6 is 12.6 Å². The standard InChI is InChI=1S/C18H32N4O7S/c1-8(2)5-12(18(28)29)21-16(26)11(6-13(23)24)20-17(27)14(9(3)4)22-15(25)10(19)7-30/h8-12,14,30H,5-7,19H2,1-4H3,(H,20,27)(H,21,26)(H,22,25)(H,23,24)(H,28,29). The molecule has 0 bridgehead atoms. The summed E-state index contributed by atoms with van der Waals surface area (Å²) in [5, 5.41) is 25.4. The molecule has 0 heterocycles. The van der Waals surface area contributed by atoms with Crippen LogP contribution in [0, 0.1) is 11.8 Å². The van der Waals surface area contributed by atoms with Gasteiger partial charge >= 0.3 is 11.9 Å². The lowest BCUT2D eigenvalue weighted by Crippen LogP contribution is -2.59. The second kappa shape index (κ2) is 13.1. The average molecular weight is 449 g/mol. The molecule has 0 saturated heterocycles. The van der Waals surface area contributed by atoms with Crippen molar-refractivity contribution < 1.29 is 34.2 Å². The molecule has 172 valence electrons. The summed E-state index contributed by atoms with van der Waals surface area (Å²) in [6, 6.07) is -4.80. The summed E-state index contributed by atoms with van der Waals surface area (Å²) < 4.78 is 0. The van der Waals surface area contributed by atoms with Crippen LogP contribution in [0.4, 0.5) is 0 Å². The van der Waals surface area contributed by atoms with Crippen molar-refractivity contribution in [1.29, 1.82) is 0 Å². The van der Waals surface area contributed by atoms with E-state index in [4.69, 9.17) is 10.8 Å². The van der Waals surface area contributed by atoms with Gasteiger partial charge in [-0.15, -0.1) is 0 Å². The van der Waals surface area contributed by atoms with E-state index < -0.39 is 66.2 Å². The SMILES string of the molecule is CC(C)CC(NC(=O)C(CC(=O)O)NC(=O)C(NC(=O)C(N)CS)C(C)C)C(=O)O. The van der Waals surface area contributed by atoms with Crippen LogP contribution in [0.3, 0.4) is 0 Å². The molecule has 0 aliphatic heterocycles. The van der Waals surface area contributed by atoms with Crippen LogP contribution in [0.25, 0.3) is 0 Å². The van der Waals surface area contributed by atoms with Gasteiger partial charge in [0.05, 0.1) is 12.5 Å². The molecule has 3 amide bonds. The molecule has 0 radical (unpaired) electrons. The molecule has 4 atom stereocenters. The Morgan fingerprint density at radius 2 is 1.40 bits per heavy atom. The largest absolute Gasteiger partial charge is 0.481 e. The van der Waals surface area contributed by atoms with E-state index in [1.807, 2.05) is 0 Å². The number of aliphatic carboxylic acids is 2. The minimum absolute atomic E-state index is 0.0458. The van der Waals surface area contributed by atoms with Crippen LogP contribution in [0.15, 0.2) is 0 Å². The maximum absolute atomic E-state index is 12.6. The molecule has 11 nitrogen and oxygen atoms in total. The van der Waals surface area contributed by atoms with Gasteiger partial charge in [0.2, 0.25) is 17.7 Å². The number of carboxylic acids is 2. The first-order chi connectivity index (χ1) is 13.8. The predicted octanol–water partition coefficient (Wildman–Crippen LogP) is -1.04. The number of thiol groups is 1. The molecule has 0 aliphatic rings. The van der Waals surface area contributed by atoms with Crippen molar-refractivity contribution in [1.82, 2.24) is 16.0 Å². The second-order valence-corrected chi connectivity index (χ2v) is 8.07.